The number of rotatable bonds is 17. The molecule has 0 aromatic heterocycles. The number of nitrogens with zero attached hydrogens (tertiary/aromatic N) is 2. The molecule has 0 fully saturated rings. The largest absolute Gasteiger partial charge is 0.464 e. The van der Waals surface area contributed by atoms with Crippen molar-refractivity contribution in [2.45, 2.75) is 130 Å². The van der Waals surface area contributed by atoms with Crippen molar-refractivity contribution in [3.05, 3.63) is 0 Å². The minimum absolute atomic E-state index is 0.0603. The highest BCUT2D eigenvalue weighted by atomic mass is 16.6. The topological polar surface area (TPSA) is 130 Å². The van der Waals surface area contributed by atoms with Crippen LogP contribution in [-0.2, 0) is 38.0 Å². The van der Waals surface area contributed by atoms with Gasteiger partial charge >= 0.3 is 24.1 Å². The zero-order valence-electron chi connectivity index (χ0n) is 28.0. The number of esters is 2. The smallest absolute Gasteiger partial charge is 0.413 e. The summed E-state index contributed by atoms with van der Waals surface area (Å²) in [5.74, 6) is -1.15. The van der Waals surface area contributed by atoms with Gasteiger partial charge in [-0.15, -0.1) is 0 Å². The van der Waals surface area contributed by atoms with Crippen LogP contribution >= 0.6 is 0 Å². The summed E-state index contributed by atoms with van der Waals surface area (Å²) >= 11 is 0. The molecular weight excluding hydrogens is 548 g/mol. The third-order valence-corrected chi connectivity index (χ3v) is 6.29. The maximum atomic E-state index is 13.2. The van der Waals surface area contributed by atoms with E-state index in [0.29, 0.717) is 38.5 Å². The van der Waals surface area contributed by atoms with Crippen molar-refractivity contribution in [3.63, 3.8) is 0 Å². The van der Waals surface area contributed by atoms with E-state index in [0.717, 1.165) is 0 Å². The molecule has 42 heavy (non-hydrogen) atoms. The van der Waals surface area contributed by atoms with Gasteiger partial charge in [-0.25, -0.2) is 19.2 Å². The molecule has 2 atom stereocenters. The molecule has 0 aliphatic rings. The van der Waals surface area contributed by atoms with E-state index in [1.165, 1.54) is 24.0 Å². The molecule has 0 spiro atoms. The minimum Gasteiger partial charge on any atom is -0.464 e. The van der Waals surface area contributed by atoms with E-state index in [-0.39, 0.29) is 26.7 Å². The molecule has 0 saturated carbocycles. The predicted octanol–water partition coefficient (Wildman–Crippen LogP) is 5.65. The summed E-state index contributed by atoms with van der Waals surface area (Å²) in [6.07, 6.45) is 1.40. The van der Waals surface area contributed by atoms with Crippen LogP contribution in [-0.4, -0.2) is 97.1 Å². The van der Waals surface area contributed by atoms with Gasteiger partial charge in [-0.3, -0.25) is 9.80 Å². The number of unbranched alkanes of at least 4 members (excludes halogenated alkanes) is 1. The van der Waals surface area contributed by atoms with Crippen molar-refractivity contribution >= 4 is 24.1 Å². The first-order chi connectivity index (χ1) is 19.3. The molecular formula is C30H56N2O10. The fourth-order valence-electron chi connectivity index (χ4n) is 4.20. The molecule has 2 amide bonds. The van der Waals surface area contributed by atoms with Gasteiger partial charge in [0.05, 0.1) is 13.2 Å². The maximum absolute atomic E-state index is 13.2. The number of hydrogen-bond donors (Lipinski definition) is 0. The van der Waals surface area contributed by atoms with Gasteiger partial charge < -0.3 is 28.4 Å². The molecule has 0 aromatic rings. The Morgan fingerprint density at radius 3 is 1.12 bits per heavy atom. The van der Waals surface area contributed by atoms with E-state index in [9.17, 15) is 19.2 Å². The van der Waals surface area contributed by atoms with Crippen LogP contribution in [0.3, 0.4) is 0 Å². The molecule has 12 heteroatoms. The monoisotopic (exact) mass is 604 g/mol. The van der Waals surface area contributed by atoms with Crippen molar-refractivity contribution in [3.8, 4) is 0 Å². The van der Waals surface area contributed by atoms with Crippen molar-refractivity contribution in [2.24, 2.45) is 0 Å². The Balaban J connectivity index is 5.29. The van der Waals surface area contributed by atoms with Crippen molar-refractivity contribution < 1.29 is 47.6 Å². The molecule has 0 saturated heterocycles. The van der Waals surface area contributed by atoms with Gasteiger partial charge in [0, 0.05) is 14.2 Å². The summed E-state index contributed by atoms with van der Waals surface area (Å²) in [6, 6.07) is 0. The lowest BCUT2D eigenvalue weighted by molar-refractivity contribution is -0.163. The highest BCUT2D eigenvalue weighted by molar-refractivity contribution is 5.86. The van der Waals surface area contributed by atoms with Crippen LogP contribution < -0.4 is 0 Å². The average molecular weight is 605 g/mol. The predicted molar refractivity (Wildman–Crippen MR) is 158 cm³/mol. The molecule has 0 rings (SSSR count). The van der Waals surface area contributed by atoms with Crippen molar-refractivity contribution in [2.75, 3.05) is 40.9 Å². The third kappa shape index (κ3) is 12.7. The van der Waals surface area contributed by atoms with Crippen LogP contribution in [0.4, 0.5) is 9.59 Å². The SMILES string of the molecule is CCC[C@@](C)(C(=O)OCCCCOC(=O)[C@](C)(CCC)N(COC)C(=O)OC(C)(C)C)N(COC)C(=O)OC(C)(C)C. The van der Waals surface area contributed by atoms with E-state index in [4.69, 9.17) is 28.4 Å². The lowest BCUT2D eigenvalue weighted by Gasteiger charge is -2.39. The fraction of sp³-hybridized carbons (Fsp3) is 0.867. The third-order valence-electron chi connectivity index (χ3n) is 6.29. The second kappa shape index (κ2) is 17.5. The molecule has 0 unspecified atom stereocenters. The Kier molecular flexibility index (Phi) is 16.4. The zero-order valence-corrected chi connectivity index (χ0v) is 28.0. The van der Waals surface area contributed by atoms with E-state index < -0.39 is 46.4 Å². The van der Waals surface area contributed by atoms with Gasteiger partial charge in [-0.2, -0.15) is 0 Å². The molecule has 0 bridgehead atoms. The minimum atomic E-state index is -1.30. The number of hydrogen-bond acceptors (Lipinski definition) is 10. The van der Waals surface area contributed by atoms with Crippen LogP contribution in [0.5, 0.6) is 0 Å². The van der Waals surface area contributed by atoms with Gasteiger partial charge in [-0.05, 0) is 81.1 Å². The number of amides is 2. The fourth-order valence-corrected chi connectivity index (χ4v) is 4.20. The molecule has 246 valence electrons. The highest BCUT2D eigenvalue weighted by Gasteiger charge is 2.46. The summed E-state index contributed by atoms with van der Waals surface area (Å²) in [5, 5.41) is 0. The Bertz CT molecular complexity index is 797. The molecule has 0 aliphatic heterocycles. The second-order valence-electron chi connectivity index (χ2n) is 12.7. The average Bonchev–Trinajstić information content (AvgIpc) is 2.85. The number of methoxy groups -OCH3 is 2. The van der Waals surface area contributed by atoms with E-state index in [1.54, 1.807) is 55.4 Å². The molecule has 0 N–H and O–H groups in total. The van der Waals surface area contributed by atoms with E-state index in [1.807, 2.05) is 13.8 Å². The molecule has 0 aromatic carbocycles. The van der Waals surface area contributed by atoms with Crippen LogP contribution in [0.2, 0.25) is 0 Å². The summed E-state index contributed by atoms with van der Waals surface area (Å²) in [7, 11) is 2.87. The first-order valence-corrected chi connectivity index (χ1v) is 14.7. The summed E-state index contributed by atoms with van der Waals surface area (Å²) in [4.78, 5) is 54.7. The highest BCUT2D eigenvalue weighted by Crippen LogP contribution is 2.28. The van der Waals surface area contributed by atoms with Crippen molar-refractivity contribution in [1.82, 2.24) is 9.80 Å². The number of ether oxygens (including phenoxy) is 6. The lowest BCUT2D eigenvalue weighted by Crippen LogP contribution is -2.57. The summed E-state index contributed by atoms with van der Waals surface area (Å²) < 4.78 is 32.5. The van der Waals surface area contributed by atoms with Gasteiger partial charge in [0.25, 0.3) is 0 Å². The molecule has 12 nitrogen and oxygen atoms in total. The van der Waals surface area contributed by atoms with Gasteiger partial charge in [-0.1, -0.05) is 26.7 Å². The van der Waals surface area contributed by atoms with Crippen LogP contribution in [0.25, 0.3) is 0 Å². The molecule has 0 heterocycles. The summed E-state index contributed by atoms with van der Waals surface area (Å²) in [5.41, 5.74) is -4.10. The molecule has 0 radical (unpaired) electrons. The van der Waals surface area contributed by atoms with Crippen LogP contribution in [0.15, 0.2) is 0 Å². The zero-order chi connectivity index (χ0) is 32.8. The van der Waals surface area contributed by atoms with Crippen LogP contribution in [0.1, 0.15) is 108 Å². The molecule has 0 aliphatic carbocycles. The Hall–Kier alpha value is -2.60. The van der Waals surface area contributed by atoms with E-state index >= 15 is 0 Å². The van der Waals surface area contributed by atoms with Crippen LogP contribution in [0, 0.1) is 0 Å². The standard InChI is InChI=1S/C30H56N2O10/c1-13-17-29(9,31(21-37-11)25(35)41-27(3,4)5)23(33)39-19-15-16-20-40-24(34)30(10,18-14-2)32(22-38-12)26(36)42-28(6,7)8/h13-22H2,1-12H3/t29-,30-/m0/s1. The quantitative estimate of drug-likeness (QED) is 0.0888. The normalized spacial score (nSPS) is 14.7. The maximum Gasteiger partial charge on any atom is 0.413 e. The van der Waals surface area contributed by atoms with Crippen molar-refractivity contribution in [1.29, 1.82) is 0 Å². The van der Waals surface area contributed by atoms with E-state index in [2.05, 4.69) is 0 Å². The summed E-state index contributed by atoms with van der Waals surface area (Å²) in [6.45, 7) is 17.4. The number of carbonyl (C=O) groups is 4. The Labute approximate surface area is 252 Å². The first kappa shape index (κ1) is 39.4. The first-order valence-electron chi connectivity index (χ1n) is 14.7. The lowest BCUT2D eigenvalue weighted by atomic mass is 9.94. The Morgan fingerprint density at radius 1 is 0.571 bits per heavy atom. The second-order valence-corrected chi connectivity index (χ2v) is 12.7. The Morgan fingerprint density at radius 2 is 0.881 bits per heavy atom. The van der Waals surface area contributed by atoms with Gasteiger partial charge in [0.2, 0.25) is 0 Å². The van der Waals surface area contributed by atoms with Gasteiger partial charge in [0.1, 0.15) is 35.7 Å². The number of carbonyl (C=O) groups excluding carboxylic acids is 4. The van der Waals surface area contributed by atoms with Gasteiger partial charge in [0.15, 0.2) is 0 Å².